The van der Waals surface area contributed by atoms with Gasteiger partial charge in [-0.1, -0.05) is 24.5 Å². The molecule has 7 rings (SSSR count). The summed E-state index contributed by atoms with van der Waals surface area (Å²) in [5.74, 6) is 0.101. The van der Waals surface area contributed by atoms with Gasteiger partial charge in [-0.05, 0) is 0 Å². The summed E-state index contributed by atoms with van der Waals surface area (Å²) >= 11 is 7.99. The lowest BCUT2D eigenvalue weighted by Crippen LogP contribution is -2.36. The number of rotatable bonds is 2. The van der Waals surface area contributed by atoms with Gasteiger partial charge in [-0.15, -0.1) is 0 Å². The molecule has 0 aromatic carbocycles. The lowest BCUT2D eigenvalue weighted by molar-refractivity contribution is -0.0544. The van der Waals surface area contributed by atoms with Gasteiger partial charge in [0.25, 0.3) is 0 Å². The minimum atomic E-state index is -4.39. The molecular formula is C20H22F2N10O8P2S2. The Labute approximate surface area is 255 Å². The van der Waals surface area contributed by atoms with Crippen molar-refractivity contribution in [2.75, 3.05) is 24.7 Å². The largest absolute Gasteiger partial charge is 0.386 e. The van der Waals surface area contributed by atoms with Crippen LogP contribution in [-0.2, 0) is 36.7 Å². The van der Waals surface area contributed by atoms with Crippen molar-refractivity contribution in [2.45, 2.75) is 49.2 Å². The number of nitrogens with two attached hydrogens (primary N) is 2. The molecular weight excluding hydrogens is 672 g/mol. The summed E-state index contributed by atoms with van der Waals surface area (Å²) in [6.45, 7) is -10.1. The van der Waals surface area contributed by atoms with Crippen LogP contribution in [0.2, 0.25) is 0 Å². The number of nitrogens with zero attached hydrogens (tertiary/aromatic N) is 8. The van der Waals surface area contributed by atoms with Gasteiger partial charge in [0.15, 0.2) is 47.7 Å². The first-order valence-electron chi connectivity index (χ1n) is 12.7. The molecule has 0 saturated carbocycles. The van der Waals surface area contributed by atoms with Gasteiger partial charge in [-0.25, -0.2) is 47.8 Å². The van der Waals surface area contributed by atoms with Crippen molar-refractivity contribution in [1.82, 2.24) is 39.0 Å². The summed E-state index contributed by atoms with van der Waals surface area (Å²) < 4.78 is 94.5. The fourth-order valence-electron chi connectivity index (χ4n) is 5.17. The highest BCUT2D eigenvalue weighted by atomic mass is 32.7. The topological polar surface area (TPSA) is 229 Å². The Morgan fingerprint density at radius 1 is 0.727 bits per heavy atom. The van der Waals surface area contributed by atoms with Crippen LogP contribution in [-0.4, -0.2) is 89.0 Å². The highest BCUT2D eigenvalue weighted by Crippen LogP contribution is 2.60. The molecule has 18 nitrogen and oxygen atoms in total. The second-order valence-corrected chi connectivity index (χ2v) is 15.6. The number of fused-ring (bicyclic) bond motifs is 4. The molecule has 4 aromatic heterocycles. The monoisotopic (exact) mass is 694 g/mol. The fraction of sp³-hybridized carbons (Fsp3) is 0.500. The number of thiol groups is 2. The Balaban J connectivity index is 1.17. The number of ether oxygens (including phenoxy) is 2. The molecule has 0 bridgehead atoms. The molecule has 10 atom stereocenters. The average Bonchev–Trinajstić information content (AvgIpc) is 3.73. The van der Waals surface area contributed by atoms with E-state index in [2.05, 4.69) is 54.4 Å². The van der Waals surface area contributed by atoms with E-state index in [-0.39, 0.29) is 34.0 Å². The molecule has 44 heavy (non-hydrogen) atoms. The van der Waals surface area contributed by atoms with Crippen LogP contribution >= 0.6 is 38.1 Å². The van der Waals surface area contributed by atoms with Crippen LogP contribution in [0.3, 0.4) is 0 Å². The van der Waals surface area contributed by atoms with E-state index in [0.29, 0.717) is 0 Å². The summed E-state index contributed by atoms with van der Waals surface area (Å²) in [5.41, 5.74) is 12.3. The third-order valence-electron chi connectivity index (χ3n) is 7.17. The number of hydrogen-bond donors (Lipinski definition) is 4. The number of nitrogen functional groups attached to an aromatic ring is 2. The van der Waals surface area contributed by atoms with Crippen LogP contribution in [0.4, 0.5) is 20.4 Å². The minimum Gasteiger partial charge on any atom is -0.382 e. The Bertz CT molecular complexity index is 1710. The zero-order chi connectivity index (χ0) is 31.0. The Hall–Kier alpha value is -2.52. The number of imidazole rings is 2. The van der Waals surface area contributed by atoms with Gasteiger partial charge >= 0.3 is 13.6 Å². The summed E-state index contributed by atoms with van der Waals surface area (Å²) in [4.78, 5) is 24.0. The smallest absolute Gasteiger partial charge is 0.382 e. The van der Waals surface area contributed by atoms with Crippen LogP contribution in [0.25, 0.3) is 22.3 Å². The maximum absolute atomic E-state index is 16.0. The van der Waals surface area contributed by atoms with Crippen molar-refractivity contribution < 1.29 is 45.5 Å². The van der Waals surface area contributed by atoms with E-state index in [1.165, 1.54) is 21.8 Å². The third-order valence-corrected chi connectivity index (χ3v) is 10.4. The lowest BCUT2D eigenvalue weighted by Gasteiger charge is -2.28. The molecule has 0 amide bonds. The van der Waals surface area contributed by atoms with Gasteiger partial charge in [0.2, 0.25) is 0 Å². The summed E-state index contributed by atoms with van der Waals surface area (Å²) in [7, 11) is 0. The SMILES string of the molecule is Nc1ncnc2c1ncn2[C@@H]1O[C@@H]2CO[P@@](=O)(S)OC3[C@@H](F)[C@H](n4cnc5c(N)ncnc54)O[C@@H]3CO[P@@](=O)(S)OC2[C@H]1F. The van der Waals surface area contributed by atoms with E-state index < -0.39 is 76.0 Å². The van der Waals surface area contributed by atoms with Gasteiger partial charge < -0.3 is 20.9 Å². The van der Waals surface area contributed by atoms with Gasteiger partial charge in [-0.3, -0.25) is 27.2 Å². The van der Waals surface area contributed by atoms with E-state index in [1.54, 1.807) is 0 Å². The van der Waals surface area contributed by atoms with Gasteiger partial charge in [0.05, 0.1) is 25.9 Å². The molecule has 2 unspecified atom stereocenters. The molecule has 3 saturated heterocycles. The van der Waals surface area contributed by atoms with E-state index in [0.717, 1.165) is 12.7 Å². The van der Waals surface area contributed by atoms with E-state index in [4.69, 9.17) is 39.0 Å². The first-order valence-corrected chi connectivity index (χ1v) is 18.1. The molecule has 7 heterocycles. The number of anilines is 2. The average molecular weight is 695 g/mol. The second-order valence-electron chi connectivity index (χ2n) is 9.85. The van der Waals surface area contributed by atoms with Crippen molar-refractivity contribution in [1.29, 1.82) is 0 Å². The minimum absolute atomic E-state index is 0.0504. The molecule has 3 fully saturated rings. The van der Waals surface area contributed by atoms with Crippen molar-refractivity contribution in [3.8, 4) is 0 Å². The van der Waals surface area contributed by atoms with Gasteiger partial charge in [-0.2, -0.15) is 0 Å². The van der Waals surface area contributed by atoms with Crippen LogP contribution in [0.5, 0.6) is 0 Å². The van der Waals surface area contributed by atoms with Gasteiger partial charge in [0.1, 0.15) is 48.1 Å². The van der Waals surface area contributed by atoms with Crippen molar-refractivity contribution in [2.24, 2.45) is 0 Å². The highest BCUT2D eigenvalue weighted by Gasteiger charge is 2.54. The highest BCUT2D eigenvalue weighted by molar-refractivity contribution is 8.44. The number of hydrogen-bond acceptors (Lipinski definition) is 16. The molecule has 0 aliphatic carbocycles. The van der Waals surface area contributed by atoms with Crippen LogP contribution in [0.1, 0.15) is 12.5 Å². The molecule has 4 aromatic rings. The van der Waals surface area contributed by atoms with E-state index in [1.807, 2.05) is 0 Å². The van der Waals surface area contributed by atoms with Gasteiger partial charge in [0, 0.05) is 0 Å². The maximum Gasteiger partial charge on any atom is 0.386 e. The fourth-order valence-corrected chi connectivity index (χ4v) is 8.14. The van der Waals surface area contributed by atoms with Crippen molar-refractivity contribution in [3.05, 3.63) is 25.3 Å². The number of halogens is 2. The first kappa shape index (κ1) is 30.2. The molecule has 4 N–H and O–H groups in total. The number of alkyl halides is 2. The Morgan fingerprint density at radius 3 is 1.55 bits per heavy atom. The van der Waals surface area contributed by atoms with Crippen molar-refractivity contribution in [3.63, 3.8) is 0 Å². The zero-order valence-electron chi connectivity index (χ0n) is 21.9. The van der Waals surface area contributed by atoms with Crippen LogP contribution in [0.15, 0.2) is 25.3 Å². The molecule has 0 radical (unpaired) electrons. The van der Waals surface area contributed by atoms with E-state index >= 15 is 8.78 Å². The molecule has 236 valence electrons. The third kappa shape index (κ3) is 5.25. The van der Waals surface area contributed by atoms with Crippen LogP contribution < -0.4 is 11.5 Å². The molecule has 0 spiro atoms. The van der Waals surface area contributed by atoms with Crippen LogP contribution in [0, 0.1) is 0 Å². The standard InChI is InChI=1S/C20H22F2N10O8P2S2/c21-9-13-7(37-19(9)31-5-29-11-15(23)25-3-27-17(11)31)1-35-41(33,43)40-14-8(2-36-42(34,44)39-13)38-20(10(14)22)32-6-30-12-16(24)26-4-28-18(12)32/h3-10,13-14,19-20H,1-2H2,(H,33,43)(H,34,44)(H2,23,25,27)(H2,24,26,28)/t7-,8-,9-,10-,13?,14?,19-,20-,41-,42-/m1/s1. The molecule has 3 aliphatic heterocycles. The quantitative estimate of drug-likeness (QED) is 0.174. The first-order chi connectivity index (χ1) is 20.9. The summed E-state index contributed by atoms with van der Waals surface area (Å²) in [5, 5.41) is 0. The lowest BCUT2D eigenvalue weighted by atomic mass is 10.1. The van der Waals surface area contributed by atoms with E-state index in [9.17, 15) is 9.13 Å². The summed E-state index contributed by atoms with van der Waals surface area (Å²) in [6, 6.07) is 0. The zero-order valence-corrected chi connectivity index (χ0v) is 25.5. The Morgan fingerprint density at radius 2 is 1.14 bits per heavy atom. The molecule has 3 aliphatic rings. The summed E-state index contributed by atoms with van der Waals surface area (Å²) in [6.07, 6.45) is -8.12. The normalized spacial score (nSPS) is 38.3. The number of aromatic nitrogens is 8. The van der Waals surface area contributed by atoms with Crippen molar-refractivity contribution >= 4 is 72.1 Å². The predicted octanol–water partition coefficient (Wildman–Crippen LogP) is 2.19. The second kappa shape index (κ2) is 11.1. The molecule has 24 heteroatoms. The Kier molecular flexibility index (Phi) is 7.59. The predicted molar refractivity (Wildman–Crippen MR) is 152 cm³/mol. The maximum atomic E-state index is 16.0.